The molecule has 1 aromatic rings. The summed E-state index contributed by atoms with van der Waals surface area (Å²) in [5.41, 5.74) is 1.26. The van der Waals surface area contributed by atoms with Gasteiger partial charge in [0.05, 0.1) is 18.3 Å². The topological polar surface area (TPSA) is 18.5 Å². The molecule has 0 atom stereocenters. The first-order valence-corrected chi connectivity index (χ1v) is 7.67. The van der Waals surface area contributed by atoms with E-state index >= 15 is 0 Å². The Labute approximate surface area is 111 Å². The van der Waals surface area contributed by atoms with E-state index in [1.807, 2.05) is 35.7 Å². The van der Waals surface area contributed by atoms with Crippen molar-refractivity contribution in [3.8, 4) is 11.5 Å². The summed E-state index contributed by atoms with van der Waals surface area (Å²) in [7, 11) is 3.40. The van der Waals surface area contributed by atoms with E-state index in [2.05, 4.69) is 13.0 Å². The minimum Gasteiger partial charge on any atom is -0.497 e. The van der Waals surface area contributed by atoms with E-state index in [0.29, 0.717) is 0 Å². The zero-order valence-electron chi connectivity index (χ0n) is 10.5. The fourth-order valence-electron chi connectivity index (χ4n) is 1.96. The van der Waals surface area contributed by atoms with Crippen LogP contribution in [0.4, 0.5) is 0 Å². The molecule has 0 N–H and O–H groups in total. The van der Waals surface area contributed by atoms with Crippen LogP contribution in [-0.4, -0.2) is 25.7 Å². The first kappa shape index (κ1) is 13.0. The van der Waals surface area contributed by atoms with Gasteiger partial charge >= 0.3 is 0 Å². The van der Waals surface area contributed by atoms with Crippen LogP contribution in [0.15, 0.2) is 18.2 Å². The molecular weight excluding hydrogens is 252 g/mol. The van der Waals surface area contributed by atoms with E-state index in [-0.39, 0.29) is 4.08 Å². The van der Waals surface area contributed by atoms with Gasteiger partial charge in [-0.25, -0.2) is 0 Å². The van der Waals surface area contributed by atoms with Crippen LogP contribution in [0, 0.1) is 0 Å². The Morgan fingerprint density at radius 2 is 1.82 bits per heavy atom. The van der Waals surface area contributed by atoms with Gasteiger partial charge in [-0.05, 0) is 37.0 Å². The summed E-state index contributed by atoms with van der Waals surface area (Å²) in [4.78, 5) is 0. The summed E-state index contributed by atoms with van der Waals surface area (Å²) >= 11 is 4.01. The zero-order valence-corrected chi connectivity index (χ0v) is 12.1. The number of ether oxygens (including phenoxy) is 2. The number of rotatable bonds is 3. The fourth-order valence-corrected chi connectivity index (χ4v) is 4.98. The first-order valence-electron chi connectivity index (χ1n) is 5.70. The SMILES string of the molecule is COc1ccc(C2(C)SCCCS2)c(OC)c1. The molecule has 0 saturated carbocycles. The quantitative estimate of drug-likeness (QED) is 0.832. The molecule has 1 aliphatic heterocycles. The minimum atomic E-state index is 0.107. The van der Waals surface area contributed by atoms with Crippen molar-refractivity contribution in [3.05, 3.63) is 23.8 Å². The maximum atomic E-state index is 5.50. The van der Waals surface area contributed by atoms with Gasteiger partial charge < -0.3 is 9.47 Å². The van der Waals surface area contributed by atoms with Crippen LogP contribution in [0.3, 0.4) is 0 Å². The van der Waals surface area contributed by atoms with E-state index < -0.39 is 0 Å². The molecule has 17 heavy (non-hydrogen) atoms. The highest BCUT2D eigenvalue weighted by Crippen LogP contribution is 2.52. The Balaban J connectivity index is 2.36. The van der Waals surface area contributed by atoms with Crippen molar-refractivity contribution in [2.45, 2.75) is 17.4 Å². The second-order valence-electron chi connectivity index (χ2n) is 4.06. The summed E-state index contributed by atoms with van der Waals surface area (Å²) in [5.74, 6) is 4.21. The van der Waals surface area contributed by atoms with E-state index in [1.54, 1.807) is 14.2 Å². The van der Waals surface area contributed by atoms with E-state index in [1.165, 1.54) is 23.5 Å². The van der Waals surface area contributed by atoms with E-state index in [0.717, 1.165) is 11.5 Å². The highest BCUT2D eigenvalue weighted by molar-refractivity contribution is 8.18. The van der Waals surface area contributed by atoms with Gasteiger partial charge in [0, 0.05) is 11.6 Å². The molecule has 94 valence electrons. The van der Waals surface area contributed by atoms with Crippen LogP contribution in [0.5, 0.6) is 11.5 Å². The molecular formula is C13H18O2S2. The predicted molar refractivity (Wildman–Crippen MR) is 76.4 cm³/mol. The molecule has 1 fully saturated rings. The van der Waals surface area contributed by atoms with Gasteiger partial charge in [-0.3, -0.25) is 0 Å². The van der Waals surface area contributed by atoms with Crippen molar-refractivity contribution in [1.29, 1.82) is 0 Å². The molecule has 2 rings (SSSR count). The molecule has 0 bridgehead atoms. The average Bonchev–Trinajstić information content (AvgIpc) is 2.38. The Morgan fingerprint density at radius 1 is 1.12 bits per heavy atom. The van der Waals surface area contributed by atoms with Gasteiger partial charge in [0.2, 0.25) is 0 Å². The van der Waals surface area contributed by atoms with Crippen LogP contribution in [0.25, 0.3) is 0 Å². The smallest absolute Gasteiger partial charge is 0.128 e. The molecule has 1 saturated heterocycles. The van der Waals surface area contributed by atoms with Crippen LogP contribution >= 0.6 is 23.5 Å². The lowest BCUT2D eigenvalue weighted by Crippen LogP contribution is -2.19. The predicted octanol–water partition coefficient (Wildman–Crippen LogP) is 3.75. The van der Waals surface area contributed by atoms with Gasteiger partial charge in [-0.15, -0.1) is 23.5 Å². The third-order valence-corrected chi connectivity index (χ3v) is 6.18. The number of benzene rings is 1. The summed E-state index contributed by atoms with van der Waals surface area (Å²) < 4.78 is 10.8. The van der Waals surface area contributed by atoms with Crippen molar-refractivity contribution in [3.63, 3.8) is 0 Å². The van der Waals surface area contributed by atoms with Gasteiger partial charge in [-0.1, -0.05) is 0 Å². The maximum Gasteiger partial charge on any atom is 0.128 e. The summed E-state index contributed by atoms with van der Waals surface area (Å²) in [6.07, 6.45) is 1.30. The summed E-state index contributed by atoms with van der Waals surface area (Å²) in [6.45, 7) is 2.28. The minimum absolute atomic E-state index is 0.107. The fraction of sp³-hybridized carbons (Fsp3) is 0.538. The number of methoxy groups -OCH3 is 2. The van der Waals surface area contributed by atoms with Crippen LogP contribution in [-0.2, 0) is 4.08 Å². The van der Waals surface area contributed by atoms with E-state index in [9.17, 15) is 0 Å². The molecule has 0 unspecified atom stereocenters. The standard InChI is InChI=1S/C13H18O2S2/c1-13(16-7-4-8-17-13)11-6-5-10(14-2)9-12(11)15-3/h5-6,9H,4,7-8H2,1-3H3. The lowest BCUT2D eigenvalue weighted by atomic mass is 10.1. The Kier molecular flexibility index (Phi) is 4.15. The Hall–Kier alpha value is -0.480. The van der Waals surface area contributed by atoms with E-state index in [4.69, 9.17) is 9.47 Å². The number of hydrogen-bond acceptors (Lipinski definition) is 4. The second-order valence-corrected chi connectivity index (χ2v) is 7.35. The lowest BCUT2D eigenvalue weighted by Gasteiger charge is -2.33. The van der Waals surface area contributed by atoms with Crippen molar-refractivity contribution in [2.75, 3.05) is 25.7 Å². The molecule has 1 aromatic carbocycles. The Morgan fingerprint density at radius 3 is 2.41 bits per heavy atom. The first-order chi connectivity index (χ1) is 8.19. The molecule has 1 heterocycles. The van der Waals surface area contributed by atoms with Crippen molar-refractivity contribution < 1.29 is 9.47 Å². The van der Waals surface area contributed by atoms with Gasteiger partial charge in [-0.2, -0.15) is 0 Å². The molecule has 0 amide bonds. The molecule has 1 aliphatic rings. The highest BCUT2D eigenvalue weighted by Gasteiger charge is 2.33. The lowest BCUT2D eigenvalue weighted by molar-refractivity contribution is 0.390. The molecule has 4 heteroatoms. The average molecular weight is 270 g/mol. The number of thioether (sulfide) groups is 2. The van der Waals surface area contributed by atoms with Gasteiger partial charge in [0.1, 0.15) is 11.5 Å². The Bertz CT molecular complexity index is 387. The number of hydrogen-bond donors (Lipinski definition) is 0. The van der Waals surface area contributed by atoms with Crippen LogP contribution in [0.1, 0.15) is 18.9 Å². The zero-order chi connectivity index (χ0) is 12.3. The monoisotopic (exact) mass is 270 g/mol. The van der Waals surface area contributed by atoms with Gasteiger partial charge in [0.25, 0.3) is 0 Å². The second kappa shape index (κ2) is 5.44. The summed E-state index contributed by atoms with van der Waals surface area (Å²) in [5, 5.41) is 0. The summed E-state index contributed by atoms with van der Waals surface area (Å²) in [6, 6.07) is 6.11. The highest BCUT2D eigenvalue weighted by atomic mass is 32.2. The van der Waals surface area contributed by atoms with Crippen molar-refractivity contribution in [2.24, 2.45) is 0 Å². The van der Waals surface area contributed by atoms with Crippen LogP contribution < -0.4 is 9.47 Å². The van der Waals surface area contributed by atoms with Crippen molar-refractivity contribution in [1.82, 2.24) is 0 Å². The third kappa shape index (κ3) is 2.68. The molecule has 0 radical (unpaired) electrons. The molecule has 0 spiro atoms. The maximum absolute atomic E-state index is 5.50. The molecule has 0 aliphatic carbocycles. The van der Waals surface area contributed by atoms with Crippen LogP contribution in [0.2, 0.25) is 0 Å². The normalized spacial score (nSPS) is 18.8. The molecule has 0 aromatic heterocycles. The largest absolute Gasteiger partial charge is 0.497 e. The third-order valence-electron chi connectivity index (χ3n) is 2.94. The molecule has 2 nitrogen and oxygen atoms in total. The van der Waals surface area contributed by atoms with Crippen molar-refractivity contribution >= 4 is 23.5 Å². The van der Waals surface area contributed by atoms with Gasteiger partial charge in [0.15, 0.2) is 0 Å².